The van der Waals surface area contributed by atoms with Crippen molar-refractivity contribution < 1.29 is 39.5 Å². The Morgan fingerprint density at radius 1 is 1.39 bits per heavy atom. The van der Waals surface area contributed by atoms with Gasteiger partial charge in [0.05, 0.1) is 0 Å². The van der Waals surface area contributed by atoms with Crippen LogP contribution in [0.2, 0.25) is 0 Å². The monoisotopic (exact) mass is 256 g/mol. The standard InChI is InChI=1S/C13H18N2O2.Na/c16-13(17)11-4-8-15(9-5-11)10-6-12-3-1-2-7-14-12;/h1-3,7,11H,4-6,8-10H2,(H,16,17);/q;+1/p-1. The first kappa shape index (κ1) is 15.6. The van der Waals surface area contributed by atoms with Crippen LogP contribution in [-0.2, 0) is 11.2 Å². The molecule has 0 radical (unpaired) electrons. The van der Waals surface area contributed by atoms with Crippen molar-refractivity contribution >= 4 is 5.97 Å². The van der Waals surface area contributed by atoms with Crippen molar-refractivity contribution in [1.29, 1.82) is 0 Å². The van der Waals surface area contributed by atoms with E-state index in [0.29, 0.717) is 12.8 Å². The normalized spacial score (nSPS) is 17.1. The smallest absolute Gasteiger partial charge is 0.550 e. The Bertz CT molecular complexity index is 365. The summed E-state index contributed by atoms with van der Waals surface area (Å²) in [6, 6.07) is 5.92. The molecule has 4 nitrogen and oxygen atoms in total. The molecule has 0 spiro atoms. The summed E-state index contributed by atoms with van der Waals surface area (Å²) in [7, 11) is 0. The molecule has 0 saturated carbocycles. The zero-order valence-corrected chi connectivity index (χ0v) is 12.8. The molecule has 1 fully saturated rings. The topological polar surface area (TPSA) is 56.3 Å². The Kier molecular flexibility index (Phi) is 6.86. The minimum absolute atomic E-state index is 0. The Morgan fingerprint density at radius 2 is 2.11 bits per heavy atom. The first-order valence-corrected chi connectivity index (χ1v) is 6.09. The zero-order chi connectivity index (χ0) is 12.1. The fourth-order valence-corrected chi connectivity index (χ4v) is 2.21. The van der Waals surface area contributed by atoms with Gasteiger partial charge in [-0.15, -0.1) is 0 Å². The molecule has 1 aromatic heterocycles. The summed E-state index contributed by atoms with van der Waals surface area (Å²) < 4.78 is 0. The van der Waals surface area contributed by atoms with E-state index in [1.807, 2.05) is 18.2 Å². The minimum atomic E-state index is -0.894. The van der Waals surface area contributed by atoms with Crippen LogP contribution in [-0.4, -0.2) is 35.5 Å². The van der Waals surface area contributed by atoms with E-state index in [9.17, 15) is 9.90 Å². The van der Waals surface area contributed by atoms with Gasteiger partial charge in [0.2, 0.25) is 0 Å². The number of carboxylic acids is 1. The van der Waals surface area contributed by atoms with Crippen molar-refractivity contribution in [2.24, 2.45) is 5.92 Å². The van der Waals surface area contributed by atoms with Crippen molar-refractivity contribution in [3.8, 4) is 0 Å². The summed E-state index contributed by atoms with van der Waals surface area (Å²) >= 11 is 0. The van der Waals surface area contributed by atoms with Crippen LogP contribution in [0, 0.1) is 5.92 Å². The number of likely N-dealkylation sites (tertiary alicyclic amines) is 1. The summed E-state index contributed by atoms with van der Waals surface area (Å²) in [5, 5.41) is 10.7. The minimum Gasteiger partial charge on any atom is -0.550 e. The number of hydrogen-bond donors (Lipinski definition) is 0. The van der Waals surface area contributed by atoms with Gasteiger partial charge in [-0.1, -0.05) is 6.07 Å². The Morgan fingerprint density at radius 3 is 2.67 bits per heavy atom. The Hall–Kier alpha value is -0.420. The second-order valence-corrected chi connectivity index (χ2v) is 4.51. The van der Waals surface area contributed by atoms with Crippen molar-refractivity contribution in [3.05, 3.63) is 30.1 Å². The SMILES string of the molecule is O=C([O-])C1CCN(CCc2ccccn2)CC1.[Na+]. The van der Waals surface area contributed by atoms with E-state index in [2.05, 4.69) is 9.88 Å². The fourth-order valence-electron chi connectivity index (χ4n) is 2.21. The van der Waals surface area contributed by atoms with Crippen molar-refractivity contribution in [2.45, 2.75) is 19.3 Å². The van der Waals surface area contributed by atoms with Gasteiger partial charge in [-0.05, 0) is 38.1 Å². The van der Waals surface area contributed by atoms with Crippen molar-refractivity contribution in [3.63, 3.8) is 0 Å². The van der Waals surface area contributed by atoms with E-state index in [-0.39, 0.29) is 35.5 Å². The number of pyridine rings is 1. The van der Waals surface area contributed by atoms with E-state index in [1.54, 1.807) is 6.20 Å². The second-order valence-electron chi connectivity index (χ2n) is 4.51. The first-order chi connectivity index (χ1) is 8.25. The van der Waals surface area contributed by atoms with Gasteiger partial charge in [0.15, 0.2) is 0 Å². The van der Waals surface area contributed by atoms with E-state index in [1.165, 1.54) is 0 Å². The summed E-state index contributed by atoms with van der Waals surface area (Å²) in [5.41, 5.74) is 1.09. The van der Waals surface area contributed by atoms with Crippen molar-refractivity contribution in [1.82, 2.24) is 9.88 Å². The van der Waals surface area contributed by atoms with Crippen molar-refractivity contribution in [2.75, 3.05) is 19.6 Å². The molecule has 0 bridgehead atoms. The molecular formula is C13H17N2NaO2. The van der Waals surface area contributed by atoms with Gasteiger partial charge in [0, 0.05) is 36.7 Å². The Balaban J connectivity index is 0.00000162. The molecule has 92 valence electrons. The molecule has 0 unspecified atom stereocenters. The van der Waals surface area contributed by atoms with Gasteiger partial charge in [-0.2, -0.15) is 0 Å². The van der Waals surface area contributed by atoms with Crippen LogP contribution in [0.25, 0.3) is 0 Å². The number of aliphatic carboxylic acids is 1. The molecule has 1 saturated heterocycles. The number of carboxylic acid groups (broad SMARTS) is 1. The fraction of sp³-hybridized carbons (Fsp3) is 0.538. The third kappa shape index (κ3) is 4.69. The van der Waals surface area contributed by atoms with Gasteiger partial charge in [0.25, 0.3) is 0 Å². The summed E-state index contributed by atoms with van der Waals surface area (Å²) in [6.07, 6.45) is 4.16. The van der Waals surface area contributed by atoms with Gasteiger partial charge >= 0.3 is 29.6 Å². The number of aromatic nitrogens is 1. The number of rotatable bonds is 4. The number of nitrogens with zero attached hydrogens (tertiary/aromatic N) is 2. The van der Waals surface area contributed by atoms with Crippen LogP contribution in [0.3, 0.4) is 0 Å². The van der Waals surface area contributed by atoms with Crippen LogP contribution in [0.5, 0.6) is 0 Å². The molecule has 0 aromatic carbocycles. The summed E-state index contributed by atoms with van der Waals surface area (Å²) in [5.74, 6) is -1.14. The van der Waals surface area contributed by atoms with E-state index >= 15 is 0 Å². The maximum atomic E-state index is 10.7. The molecule has 0 aliphatic carbocycles. The molecule has 0 amide bonds. The number of piperidine rings is 1. The van der Waals surface area contributed by atoms with E-state index < -0.39 is 5.97 Å². The van der Waals surface area contributed by atoms with Gasteiger partial charge < -0.3 is 14.8 Å². The predicted octanol–water partition coefficient (Wildman–Crippen LogP) is -2.91. The predicted molar refractivity (Wildman–Crippen MR) is 62.1 cm³/mol. The molecule has 18 heavy (non-hydrogen) atoms. The second kappa shape index (κ2) is 7.89. The zero-order valence-electron chi connectivity index (χ0n) is 10.8. The van der Waals surface area contributed by atoms with Crippen LogP contribution in [0.15, 0.2) is 24.4 Å². The van der Waals surface area contributed by atoms with Gasteiger partial charge in [-0.3, -0.25) is 4.98 Å². The number of carbonyl (C=O) groups is 1. The third-order valence-electron chi connectivity index (χ3n) is 3.33. The quantitative estimate of drug-likeness (QED) is 0.542. The maximum absolute atomic E-state index is 10.7. The molecule has 1 aliphatic heterocycles. The first-order valence-electron chi connectivity index (χ1n) is 6.09. The molecule has 2 heterocycles. The molecule has 5 heteroatoms. The Labute approximate surface area is 130 Å². The number of hydrogen-bond acceptors (Lipinski definition) is 4. The average Bonchev–Trinajstić information content (AvgIpc) is 2.38. The van der Waals surface area contributed by atoms with Gasteiger partial charge in [0.1, 0.15) is 0 Å². The average molecular weight is 256 g/mol. The summed E-state index contributed by atoms with van der Waals surface area (Å²) in [4.78, 5) is 17.3. The van der Waals surface area contributed by atoms with Crippen LogP contribution in [0.1, 0.15) is 18.5 Å². The number of carbonyl (C=O) groups excluding carboxylic acids is 1. The van der Waals surface area contributed by atoms with Crippen LogP contribution in [0.4, 0.5) is 0 Å². The maximum Gasteiger partial charge on any atom is 1.00 e. The molecule has 0 N–H and O–H groups in total. The van der Waals surface area contributed by atoms with Crippen LogP contribution < -0.4 is 34.7 Å². The molecule has 1 aromatic rings. The van der Waals surface area contributed by atoms with E-state index in [4.69, 9.17) is 0 Å². The van der Waals surface area contributed by atoms with Gasteiger partial charge in [-0.25, -0.2) is 0 Å². The molecule has 2 rings (SSSR count). The summed E-state index contributed by atoms with van der Waals surface area (Å²) in [6.45, 7) is 2.66. The largest absolute Gasteiger partial charge is 1.00 e. The van der Waals surface area contributed by atoms with E-state index in [0.717, 1.165) is 31.7 Å². The third-order valence-corrected chi connectivity index (χ3v) is 3.33. The molecule has 1 aliphatic rings. The van der Waals surface area contributed by atoms with Crippen LogP contribution >= 0.6 is 0 Å². The molecule has 0 atom stereocenters. The molecular weight excluding hydrogens is 239 g/mol.